The second-order valence-electron chi connectivity index (χ2n) is 6.95. The van der Waals surface area contributed by atoms with Crippen molar-refractivity contribution in [3.05, 3.63) is 29.8 Å². The molecule has 7 heteroatoms. The molecule has 152 valence electrons. The first-order valence-corrected chi connectivity index (χ1v) is 9.88. The van der Waals surface area contributed by atoms with Crippen LogP contribution < -0.4 is 15.4 Å². The first-order chi connectivity index (χ1) is 13.2. The highest BCUT2D eigenvalue weighted by Crippen LogP contribution is 2.18. The number of rotatable bonds is 12. The summed E-state index contributed by atoms with van der Waals surface area (Å²) in [4.78, 5) is 13.9. The van der Waals surface area contributed by atoms with Gasteiger partial charge < -0.3 is 25.6 Å². The molecule has 2 rings (SSSR count). The van der Waals surface area contributed by atoms with E-state index in [0.717, 1.165) is 44.6 Å². The predicted octanol–water partition coefficient (Wildman–Crippen LogP) is 0.500. The van der Waals surface area contributed by atoms with Crippen molar-refractivity contribution in [1.29, 1.82) is 0 Å². The minimum atomic E-state index is -0.209. The molecule has 1 atom stereocenters. The molecule has 1 aliphatic rings. The highest BCUT2D eigenvalue weighted by molar-refractivity contribution is 5.75. The summed E-state index contributed by atoms with van der Waals surface area (Å²) in [5.41, 5.74) is 1.19. The van der Waals surface area contributed by atoms with Crippen LogP contribution in [0.4, 0.5) is 0 Å². The van der Waals surface area contributed by atoms with E-state index in [9.17, 15) is 9.90 Å². The summed E-state index contributed by atoms with van der Waals surface area (Å²) >= 11 is 0. The van der Waals surface area contributed by atoms with Crippen LogP contribution in [-0.4, -0.2) is 73.1 Å². The van der Waals surface area contributed by atoms with Gasteiger partial charge in [-0.1, -0.05) is 12.1 Å². The maximum Gasteiger partial charge on any atom is 0.221 e. The zero-order valence-electron chi connectivity index (χ0n) is 16.0. The number of carbonyl (C=O) groups excluding carboxylic acids is 1. The summed E-state index contributed by atoms with van der Waals surface area (Å²) in [7, 11) is 0. The van der Waals surface area contributed by atoms with Crippen LogP contribution in [0.2, 0.25) is 0 Å². The molecule has 1 aromatic rings. The summed E-state index contributed by atoms with van der Waals surface area (Å²) in [6.45, 7) is 4.90. The molecule has 0 aliphatic carbocycles. The van der Waals surface area contributed by atoms with Gasteiger partial charge in [-0.05, 0) is 43.5 Å². The van der Waals surface area contributed by atoms with Gasteiger partial charge >= 0.3 is 0 Å². The predicted molar refractivity (Wildman–Crippen MR) is 105 cm³/mol. The van der Waals surface area contributed by atoms with E-state index in [1.54, 1.807) is 0 Å². The van der Waals surface area contributed by atoms with Crippen LogP contribution in [0.15, 0.2) is 24.3 Å². The van der Waals surface area contributed by atoms with E-state index in [-0.39, 0.29) is 18.6 Å². The Morgan fingerprint density at radius 2 is 2.19 bits per heavy atom. The lowest BCUT2D eigenvalue weighted by molar-refractivity contribution is -0.121. The Morgan fingerprint density at radius 3 is 3.00 bits per heavy atom. The Bertz CT molecular complexity index is 556. The van der Waals surface area contributed by atoms with E-state index in [1.165, 1.54) is 5.56 Å². The lowest BCUT2D eigenvalue weighted by Gasteiger charge is -2.30. The summed E-state index contributed by atoms with van der Waals surface area (Å²) in [5.74, 6) is 0.843. The van der Waals surface area contributed by atoms with Gasteiger partial charge in [0.05, 0.1) is 19.3 Å². The molecule has 1 aromatic carbocycles. The minimum absolute atomic E-state index is 0.00570. The average Bonchev–Trinajstić information content (AvgIpc) is 2.65. The van der Waals surface area contributed by atoms with Gasteiger partial charge in [-0.3, -0.25) is 9.69 Å². The summed E-state index contributed by atoms with van der Waals surface area (Å²) < 4.78 is 5.79. The van der Waals surface area contributed by atoms with E-state index in [1.807, 2.05) is 18.2 Å². The Balaban J connectivity index is 1.60. The van der Waals surface area contributed by atoms with Crippen molar-refractivity contribution in [3.63, 3.8) is 0 Å². The van der Waals surface area contributed by atoms with Crippen LogP contribution in [0.1, 0.15) is 31.2 Å². The molecule has 0 aromatic heterocycles. The fourth-order valence-electron chi connectivity index (χ4n) is 3.15. The van der Waals surface area contributed by atoms with Crippen molar-refractivity contribution in [2.24, 2.45) is 0 Å². The molecule has 1 aliphatic heterocycles. The van der Waals surface area contributed by atoms with E-state index >= 15 is 0 Å². The van der Waals surface area contributed by atoms with Crippen LogP contribution in [0.25, 0.3) is 0 Å². The normalized spacial score (nSPS) is 17.6. The monoisotopic (exact) mass is 379 g/mol. The number of aliphatic hydroxyl groups is 2. The molecule has 1 unspecified atom stereocenters. The van der Waals surface area contributed by atoms with Crippen LogP contribution in [-0.2, 0) is 11.3 Å². The second kappa shape index (κ2) is 12.7. The van der Waals surface area contributed by atoms with Gasteiger partial charge in [-0.15, -0.1) is 0 Å². The number of ether oxygens (including phenoxy) is 1. The number of benzene rings is 1. The average molecular weight is 380 g/mol. The van der Waals surface area contributed by atoms with Crippen molar-refractivity contribution >= 4 is 5.91 Å². The van der Waals surface area contributed by atoms with Crippen molar-refractivity contribution in [3.8, 4) is 5.75 Å². The highest BCUT2D eigenvalue weighted by Gasteiger charge is 2.17. The van der Waals surface area contributed by atoms with Gasteiger partial charge in [0, 0.05) is 39.1 Å². The van der Waals surface area contributed by atoms with Crippen molar-refractivity contribution in [2.75, 3.05) is 45.9 Å². The molecule has 0 spiro atoms. The Hall–Kier alpha value is -1.67. The Kier molecular flexibility index (Phi) is 10.1. The SMILES string of the molecule is O=C(CCNCCO)NCCCOc1cccc(CN2CCCC(O)C2)c1. The lowest BCUT2D eigenvalue weighted by Crippen LogP contribution is -2.37. The number of nitrogens with zero attached hydrogens (tertiary/aromatic N) is 1. The number of piperidine rings is 1. The number of amides is 1. The highest BCUT2D eigenvalue weighted by atomic mass is 16.5. The molecule has 0 bridgehead atoms. The number of aliphatic hydroxyl groups excluding tert-OH is 2. The van der Waals surface area contributed by atoms with E-state index < -0.39 is 0 Å². The third kappa shape index (κ3) is 9.19. The fourth-order valence-corrected chi connectivity index (χ4v) is 3.15. The first kappa shape index (κ1) is 21.6. The third-order valence-corrected chi connectivity index (χ3v) is 4.51. The van der Waals surface area contributed by atoms with Gasteiger partial charge in [0.25, 0.3) is 0 Å². The van der Waals surface area contributed by atoms with Crippen molar-refractivity contribution in [1.82, 2.24) is 15.5 Å². The zero-order chi connectivity index (χ0) is 19.3. The Morgan fingerprint density at radius 1 is 1.30 bits per heavy atom. The van der Waals surface area contributed by atoms with Gasteiger partial charge in [0.2, 0.25) is 5.91 Å². The third-order valence-electron chi connectivity index (χ3n) is 4.51. The van der Waals surface area contributed by atoms with Gasteiger partial charge in [0.15, 0.2) is 0 Å². The van der Waals surface area contributed by atoms with Crippen LogP contribution >= 0.6 is 0 Å². The van der Waals surface area contributed by atoms with Crippen molar-refractivity contribution in [2.45, 2.75) is 38.3 Å². The first-order valence-electron chi connectivity index (χ1n) is 9.88. The summed E-state index contributed by atoms with van der Waals surface area (Å²) in [6.07, 6.45) is 2.89. The van der Waals surface area contributed by atoms with E-state index in [4.69, 9.17) is 9.84 Å². The quantitative estimate of drug-likeness (QED) is 0.395. The van der Waals surface area contributed by atoms with Crippen LogP contribution in [0, 0.1) is 0 Å². The number of carbonyl (C=O) groups is 1. The van der Waals surface area contributed by atoms with Crippen LogP contribution in [0.3, 0.4) is 0 Å². The standard InChI is InChI=1S/C20H33N3O4/c24-12-10-21-9-7-20(26)22-8-3-13-27-19-6-1-4-17(14-19)15-23-11-2-5-18(25)16-23/h1,4,6,14,18,21,24-25H,2-3,5,7-13,15-16H2,(H,22,26). The lowest BCUT2D eigenvalue weighted by atomic mass is 10.1. The molecular formula is C20H33N3O4. The van der Waals surface area contributed by atoms with E-state index in [0.29, 0.717) is 32.7 Å². The van der Waals surface area contributed by atoms with Crippen molar-refractivity contribution < 1.29 is 19.7 Å². The number of likely N-dealkylation sites (tertiary alicyclic amines) is 1. The number of β-amino-alcohol motifs (C(OH)–C–C–N with tert-alkyl or cyclic N) is 1. The summed E-state index contributed by atoms with van der Waals surface area (Å²) in [6, 6.07) is 8.07. The second-order valence-corrected chi connectivity index (χ2v) is 6.95. The van der Waals surface area contributed by atoms with Crippen LogP contribution in [0.5, 0.6) is 5.75 Å². The number of hydrogen-bond donors (Lipinski definition) is 4. The molecule has 1 saturated heterocycles. The fraction of sp³-hybridized carbons (Fsp3) is 0.650. The van der Waals surface area contributed by atoms with E-state index in [2.05, 4.69) is 21.6 Å². The Labute approximate surface area is 161 Å². The maximum atomic E-state index is 11.6. The molecular weight excluding hydrogens is 346 g/mol. The zero-order valence-corrected chi connectivity index (χ0v) is 16.0. The smallest absolute Gasteiger partial charge is 0.221 e. The number of hydrogen-bond acceptors (Lipinski definition) is 6. The summed E-state index contributed by atoms with van der Waals surface area (Å²) in [5, 5.41) is 24.3. The molecule has 0 saturated carbocycles. The molecule has 1 amide bonds. The van der Waals surface area contributed by atoms with Gasteiger partial charge in [0.1, 0.15) is 5.75 Å². The molecule has 4 N–H and O–H groups in total. The largest absolute Gasteiger partial charge is 0.494 e. The molecule has 7 nitrogen and oxygen atoms in total. The molecule has 1 heterocycles. The maximum absolute atomic E-state index is 11.6. The molecule has 27 heavy (non-hydrogen) atoms. The molecule has 0 radical (unpaired) electrons. The van der Waals surface area contributed by atoms with Gasteiger partial charge in [-0.25, -0.2) is 0 Å². The minimum Gasteiger partial charge on any atom is -0.494 e. The topological polar surface area (TPSA) is 94.1 Å². The molecule has 1 fully saturated rings. The van der Waals surface area contributed by atoms with Gasteiger partial charge in [-0.2, -0.15) is 0 Å². The number of nitrogens with one attached hydrogen (secondary N) is 2.